The van der Waals surface area contributed by atoms with E-state index in [1.807, 2.05) is 0 Å². The number of hydrogen-bond acceptors (Lipinski definition) is 2. The number of piperazine rings is 1. The second kappa shape index (κ2) is 5.19. The Morgan fingerprint density at radius 1 is 1.18 bits per heavy atom. The molecule has 1 aromatic rings. The van der Waals surface area contributed by atoms with E-state index in [0.717, 1.165) is 12.1 Å². The molecule has 1 aliphatic carbocycles. The molecule has 2 fully saturated rings. The van der Waals surface area contributed by atoms with Gasteiger partial charge in [-0.3, -0.25) is 4.90 Å². The maximum absolute atomic E-state index is 3.67. The summed E-state index contributed by atoms with van der Waals surface area (Å²) in [5, 5.41) is 3.67. The first kappa shape index (κ1) is 11.2. The molecule has 2 aliphatic rings. The lowest BCUT2D eigenvalue weighted by atomic mass is 10.1. The van der Waals surface area contributed by atoms with E-state index >= 15 is 0 Å². The van der Waals surface area contributed by atoms with Crippen molar-refractivity contribution in [3.8, 4) is 0 Å². The molecule has 0 radical (unpaired) electrons. The van der Waals surface area contributed by atoms with Gasteiger partial charge in [-0.2, -0.15) is 0 Å². The summed E-state index contributed by atoms with van der Waals surface area (Å²) in [7, 11) is 0. The van der Waals surface area contributed by atoms with Gasteiger partial charge in [-0.25, -0.2) is 0 Å². The molecule has 1 heterocycles. The van der Waals surface area contributed by atoms with Crippen LogP contribution in [-0.2, 0) is 6.42 Å². The highest BCUT2D eigenvalue weighted by atomic mass is 15.2. The Morgan fingerprint density at radius 2 is 2.06 bits per heavy atom. The zero-order valence-electron chi connectivity index (χ0n) is 10.4. The molecule has 1 saturated heterocycles. The molecular weight excluding hydrogens is 208 g/mol. The lowest BCUT2D eigenvalue weighted by molar-refractivity contribution is 0.138. The highest BCUT2D eigenvalue weighted by Gasteiger charge is 2.34. The zero-order valence-corrected chi connectivity index (χ0v) is 10.4. The molecule has 1 N–H and O–H groups in total. The largest absolute Gasteiger partial charge is 0.311 e. The van der Waals surface area contributed by atoms with Crippen molar-refractivity contribution in [3.05, 3.63) is 35.9 Å². The van der Waals surface area contributed by atoms with Gasteiger partial charge in [0.05, 0.1) is 0 Å². The van der Waals surface area contributed by atoms with E-state index in [0.29, 0.717) is 0 Å². The van der Waals surface area contributed by atoms with Crippen LogP contribution >= 0.6 is 0 Å². The third-order valence-electron chi connectivity index (χ3n) is 4.28. The third-order valence-corrected chi connectivity index (χ3v) is 4.28. The van der Waals surface area contributed by atoms with Crippen LogP contribution < -0.4 is 5.32 Å². The molecule has 0 amide bonds. The van der Waals surface area contributed by atoms with E-state index in [9.17, 15) is 0 Å². The van der Waals surface area contributed by atoms with Gasteiger partial charge in [-0.15, -0.1) is 0 Å². The predicted octanol–water partition coefficient (Wildman–Crippen LogP) is 2.06. The van der Waals surface area contributed by atoms with E-state index in [1.165, 1.54) is 50.9 Å². The molecule has 1 saturated carbocycles. The second-order valence-electron chi connectivity index (χ2n) is 5.33. The molecule has 0 bridgehead atoms. The molecule has 2 heteroatoms. The summed E-state index contributed by atoms with van der Waals surface area (Å²) in [5.74, 6) is 0. The minimum atomic E-state index is 0.777. The van der Waals surface area contributed by atoms with Crippen LogP contribution in [0.5, 0.6) is 0 Å². The zero-order chi connectivity index (χ0) is 11.5. The highest BCUT2D eigenvalue weighted by Crippen LogP contribution is 2.26. The quantitative estimate of drug-likeness (QED) is 0.855. The van der Waals surface area contributed by atoms with Gasteiger partial charge in [0.25, 0.3) is 0 Å². The predicted molar refractivity (Wildman–Crippen MR) is 71.1 cm³/mol. The Balaban J connectivity index is 1.57. The van der Waals surface area contributed by atoms with Crippen molar-refractivity contribution in [1.82, 2.24) is 10.2 Å². The fourth-order valence-corrected chi connectivity index (χ4v) is 3.37. The second-order valence-corrected chi connectivity index (χ2v) is 5.33. The van der Waals surface area contributed by atoms with E-state index in [1.54, 1.807) is 0 Å². The first-order valence-electron chi connectivity index (χ1n) is 6.95. The smallest absolute Gasteiger partial charge is 0.0250 e. The minimum absolute atomic E-state index is 0.777. The molecule has 0 aromatic heterocycles. The first-order chi connectivity index (χ1) is 8.43. The Kier molecular flexibility index (Phi) is 3.44. The van der Waals surface area contributed by atoms with Crippen LogP contribution in [0.25, 0.3) is 0 Å². The molecule has 92 valence electrons. The Hall–Kier alpha value is -0.860. The van der Waals surface area contributed by atoms with E-state index < -0.39 is 0 Å². The number of hydrogen-bond donors (Lipinski definition) is 1. The molecule has 2 nitrogen and oxygen atoms in total. The molecule has 1 aliphatic heterocycles. The van der Waals surface area contributed by atoms with Gasteiger partial charge in [0.2, 0.25) is 0 Å². The van der Waals surface area contributed by atoms with Crippen LogP contribution in [0.2, 0.25) is 0 Å². The fraction of sp³-hybridized carbons (Fsp3) is 0.600. The minimum Gasteiger partial charge on any atom is -0.311 e. The summed E-state index contributed by atoms with van der Waals surface area (Å²) in [6.07, 6.45) is 5.38. The summed E-state index contributed by atoms with van der Waals surface area (Å²) in [6.45, 7) is 3.64. The van der Waals surface area contributed by atoms with Crippen molar-refractivity contribution >= 4 is 0 Å². The average Bonchev–Trinajstić information content (AvgIpc) is 2.86. The lowest BCUT2D eigenvalue weighted by Gasteiger charge is -2.38. The van der Waals surface area contributed by atoms with Gasteiger partial charge < -0.3 is 5.32 Å². The first-order valence-corrected chi connectivity index (χ1v) is 6.95. The van der Waals surface area contributed by atoms with Crippen LogP contribution in [0.4, 0.5) is 0 Å². The molecule has 17 heavy (non-hydrogen) atoms. The van der Waals surface area contributed by atoms with Crippen molar-refractivity contribution in [1.29, 1.82) is 0 Å². The van der Waals surface area contributed by atoms with E-state index in [4.69, 9.17) is 0 Å². The summed E-state index contributed by atoms with van der Waals surface area (Å²) in [4.78, 5) is 2.71. The molecule has 2 unspecified atom stereocenters. The van der Waals surface area contributed by atoms with Crippen LogP contribution in [0, 0.1) is 0 Å². The average molecular weight is 230 g/mol. The van der Waals surface area contributed by atoms with Crippen LogP contribution in [-0.4, -0.2) is 36.6 Å². The summed E-state index contributed by atoms with van der Waals surface area (Å²) >= 11 is 0. The SMILES string of the molecule is c1ccc(CCN2CCNC3CCCC32)cc1. The number of fused-ring (bicyclic) bond motifs is 1. The molecule has 2 atom stereocenters. The van der Waals surface area contributed by atoms with Crippen molar-refractivity contribution in [3.63, 3.8) is 0 Å². The fourth-order valence-electron chi connectivity index (χ4n) is 3.37. The van der Waals surface area contributed by atoms with Crippen molar-refractivity contribution in [2.45, 2.75) is 37.8 Å². The summed E-state index contributed by atoms with van der Waals surface area (Å²) in [5.41, 5.74) is 1.47. The van der Waals surface area contributed by atoms with Crippen LogP contribution in [0.3, 0.4) is 0 Å². The number of nitrogens with one attached hydrogen (secondary N) is 1. The van der Waals surface area contributed by atoms with Gasteiger partial charge in [0.1, 0.15) is 0 Å². The Labute approximate surface area is 104 Å². The van der Waals surface area contributed by atoms with Gasteiger partial charge in [-0.05, 0) is 24.8 Å². The number of benzene rings is 1. The standard InChI is InChI=1S/C15H22N2/c1-2-5-13(6-3-1)9-11-17-12-10-16-14-7-4-8-15(14)17/h1-3,5-6,14-16H,4,7-12H2. The summed E-state index contributed by atoms with van der Waals surface area (Å²) < 4.78 is 0. The molecule has 1 aromatic carbocycles. The van der Waals surface area contributed by atoms with Crippen molar-refractivity contribution in [2.75, 3.05) is 19.6 Å². The van der Waals surface area contributed by atoms with Crippen molar-refractivity contribution in [2.24, 2.45) is 0 Å². The lowest BCUT2D eigenvalue weighted by Crippen LogP contribution is -2.55. The van der Waals surface area contributed by atoms with Gasteiger partial charge in [0, 0.05) is 31.7 Å². The number of rotatable bonds is 3. The maximum Gasteiger partial charge on any atom is 0.0250 e. The normalized spacial score (nSPS) is 29.2. The van der Waals surface area contributed by atoms with Gasteiger partial charge in [0.15, 0.2) is 0 Å². The Bertz CT molecular complexity index is 349. The van der Waals surface area contributed by atoms with Crippen LogP contribution in [0.1, 0.15) is 24.8 Å². The summed E-state index contributed by atoms with van der Waals surface area (Å²) in [6, 6.07) is 12.5. The van der Waals surface area contributed by atoms with Crippen LogP contribution in [0.15, 0.2) is 30.3 Å². The third kappa shape index (κ3) is 2.53. The highest BCUT2D eigenvalue weighted by molar-refractivity contribution is 5.15. The Morgan fingerprint density at radius 3 is 2.94 bits per heavy atom. The van der Waals surface area contributed by atoms with E-state index in [-0.39, 0.29) is 0 Å². The van der Waals surface area contributed by atoms with E-state index in [2.05, 4.69) is 40.5 Å². The molecule has 3 rings (SSSR count). The monoisotopic (exact) mass is 230 g/mol. The number of nitrogens with zero attached hydrogens (tertiary/aromatic N) is 1. The van der Waals surface area contributed by atoms with Crippen molar-refractivity contribution < 1.29 is 0 Å². The van der Waals surface area contributed by atoms with Gasteiger partial charge >= 0.3 is 0 Å². The topological polar surface area (TPSA) is 15.3 Å². The molecular formula is C15H22N2. The van der Waals surface area contributed by atoms with Gasteiger partial charge in [-0.1, -0.05) is 36.8 Å². The molecule has 0 spiro atoms. The maximum atomic E-state index is 3.67.